The molecular weight excluding hydrogens is 1500 g/mol. The third kappa shape index (κ3) is 21.8. The Morgan fingerprint density at radius 1 is 0.637 bits per heavy atom. The van der Waals surface area contributed by atoms with Gasteiger partial charge >= 0.3 is 12.2 Å². The molecule has 28 nitrogen and oxygen atoms in total. The van der Waals surface area contributed by atoms with Crippen molar-refractivity contribution < 1.29 is 76.5 Å². The predicted octanol–water partition coefficient (Wildman–Crippen LogP) is 10.2. The van der Waals surface area contributed by atoms with Crippen LogP contribution < -0.4 is 58.9 Å². The van der Waals surface area contributed by atoms with Crippen LogP contribution in [-0.4, -0.2) is 167 Å². The van der Waals surface area contributed by atoms with Gasteiger partial charge in [0, 0.05) is 139 Å². The minimum Gasteiger partial charge on any atom is -0.444 e. The highest BCUT2D eigenvalue weighted by Gasteiger charge is 2.72. The number of fused-ring (bicyclic) bond motifs is 5. The summed E-state index contributed by atoms with van der Waals surface area (Å²) in [6.45, 7) is 15.2. The van der Waals surface area contributed by atoms with Crippen molar-refractivity contribution >= 4 is 118 Å². The number of benzene rings is 5. The Kier molecular flexibility index (Phi) is 30.5. The van der Waals surface area contributed by atoms with Crippen molar-refractivity contribution in [3.05, 3.63) is 152 Å². The van der Waals surface area contributed by atoms with Crippen LogP contribution >= 0.6 is 23.2 Å². The number of amides is 11. The van der Waals surface area contributed by atoms with Crippen molar-refractivity contribution in [1.82, 2.24) is 41.7 Å². The van der Waals surface area contributed by atoms with Gasteiger partial charge in [0.15, 0.2) is 0 Å². The predicted molar refractivity (Wildman–Crippen MR) is 426 cm³/mol. The molecule has 13 N–H and O–H groups in total. The van der Waals surface area contributed by atoms with Crippen LogP contribution in [0.25, 0.3) is 0 Å². The number of aliphatic hydroxyl groups excluding tert-OH is 1. The first-order valence-corrected chi connectivity index (χ1v) is 39.4. The highest BCUT2D eigenvalue weighted by molar-refractivity contribution is 6.31. The fraction of sp³-hybridized carbons (Fsp3) is 0.488. The highest BCUT2D eigenvalue weighted by atomic mass is 35.5. The lowest BCUT2D eigenvalue weighted by Crippen LogP contribution is -2.60. The Balaban J connectivity index is 0.000000236. The topological polar surface area (TPSA) is 396 Å². The van der Waals surface area contributed by atoms with E-state index in [1.54, 1.807) is 92.4 Å². The van der Waals surface area contributed by atoms with Crippen molar-refractivity contribution in [3.8, 4) is 0 Å². The summed E-state index contributed by atoms with van der Waals surface area (Å²) in [5.41, 5.74) is 9.15. The van der Waals surface area contributed by atoms with Gasteiger partial charge in [-0.05, 0) is 197 Å². The number of nitrogens with two attached hydrogens (primary N) is 1. The van der Waals surface area contributed by atoms with Crippen LogP contribution in [0.15, 0.2) is 97.1 Å². The summed E-state index contributed by atoms with van der Waals surface area (Å²) in [6, 6.07) is 25.1. The molecule has 0 aromatic heterocycles. The van der Waals surface area contributed by atoms with Gasteiger partial charge in [-0.1, -0.05) is 72.8 Å². The first kappa shape index (κ1) is 86.9. The molecule has 5 aromatic carbocycles. The number of imide groups is 2. The third-order valence-corrected chi connectivity index (χ3v) is 21.0. The van der Waals surface area contributed by atoms with Gasteiger partial charge in [0.1, 0.15) is 40.8 Å². The van der Waals surface area contributed by atoms with Gasteiger partial charge in [-0.15, -0.1) is 0 Å². The second kappa shape index (κ2) is 39.6. The van der Waals surface area contributed by atoms with Crippen molar-refractivity contribution in [2.45, 2.75) is 210 Å². The van der Waals surface area contributed by atoms with Crippen molar-refractivity contribution in [2.75, 3.05) is 67.1 Å². The number of hydrogen-bond donors (Lipinski definition) is 12. The van der Waals surface area contributed by atoms with E-state index in [9.17, 15) is 57.5 Å². The third-order valence-electron chi connectivity index (χ3n) is 20.5. The fourth-order valence-corrected chi connectivity index (χ4v) is 15.7. The van der Waals surface area contributed by atoms with Gasteiger partial charge < -0.3 is 72.1 Å². The van der Waals surface area contributed by atoms with Gasteiger partial charge in [-0.2, -0.15) is 0 Å². The molecule has 11 amide bonds. The van der Waals surface area contributed by atoms with Crippen LogP contribution in [0.3, 0.4) is 0 Å². The molecule has 608 valence electrons. The Bertz CT molecular complexity index is 4320. The number of piperidine rings is 2. The van der Waals surface area contributed by atoms with Gasteiger partial charge in [-0.25, -0.2) is 14.0 Å². The summed E-state index contributed by atoms with van der Waals surface area (Å²) in [7, 11) is 0. The number of carbonyl (C=O) groups excluding carboxylic acids is 12. The minimum absolute atomic E-state index is 0.109. The first-order valence-electron chi connectivity index (χ1n) is 38.7. The summed E-state index contributed by atoms with van der Waals surface area (Å²) in [6.07, 6.45) is 10.8. The lowest BCUT2D eigenvalue weighted by molar-refractivity contribution is -0.138. The number of alkyl carbamates (subject to hydrolysis) is 2. The molecule has 1 aliphatic carbocycles. The molecule has 2 spiro atoms. The van der Waals surface area contributed by atoms with E-state index in [-0.39, 0.29) is 77.9 Å². The zero-order valence-electron chi connectivity index (χ0n) is 64.8. The number of unbranched alkanes of at least 4 members (excludes halogenated alkanes) is 4. The number of aldehydes is 1. The van der Waals surface area contributed by atoms with Crippen molar-refractivity contribution in [3.63, 3.8) is 0 Å². The maximum Gasteiger partial charge on any atom is 0.407 e. The molecule has 113 heavy (non-hydrogen) atoms. The zero-order valence-corrected chi connectivity index (χ0v) is 66.3. The number of anilines is 4. The smallest absolute Gasteiger partial charge is 0.407 e. The van der Waals surface area contributed by atoms with Crippen molar-refractivity contribution in [1.29, 1.82) is 0 Å². The monoisotopic (exact) mass is 1600 g/mol. The molecule has 6 aliphatic heterocycles. The SMILES string of the molecule is CC(C)(C)OC(=O)NCCCC=O.CC(C)(C)OC(=O)NCCCCO.NCCCCNc1cccc2c1CN(C1CCC(=O)NC1=O)C2=O.O=C1CCC(N2Cc3c(NCCCCNC(=O)c4ccc(NC(=O)[C@@H]5NC6(CCCCC6)[C@@]6(C(=O)Nc7cc(Cl)ccc76)[C@H]5c5cccc(Cl)c5F)cc4)cccc3C2=O)C(=O)N1. The zero-order chi connectivity index (χ0) is 81.8. The maximum atomic E-state index is 16.2. The molecule has 4 fully saturated rings. The van der Waals surface area contributed by atoms with Crippen LogP contribution in [0.2, 0.25) is 10.0 Å². The molecule has 0 radical (unpaired) electrons. The molecule has 6 heterocycles. The van der Waals surface area contributed by atoms with Crippen LogP contribution in [0.4, 0.5) is 36.7 Å². The van der Waals surface area contributed by atoms with E-state index in [4.69, 9.17) is 43.5 Å². The average molecular weight is 1600 g/mol. The summed E-state index contributed by atoms with van der Waals surface area (Å²) in [5, 5.41) is 37.9. The summed E-state index contributed by atoms with van der Waals surface area (Å²) < 4.78 is 26.2. The average Bonchev–Trinajstić information content (AvgIpc) is 1.50. The number of nitrogens with zero attached hydrogens (tertiary/aromatic N) is 2. The first-order chi connectivity index (χ1) is 53.9. The second-order valence-corrected chi connectivity index (χ2v) is 31.6. The Labute approximate surface area is 667 Å². The maximum absolute atomic E-state index is 16.2. The number of rotatable bonds is 25. The Morgan fingerprint density at radius 3 is 1.69 bits per heavy atom. The summed E-state index contributed by atoms with van der Waals surface area (Å²) >= 11 is 12.8. The van der Waals surface area contributed by atoms with Crippen LogP contribution in [0, 0.1) is 5.82 Å². The molecule has 0 bridgehead atoms. The lowest BCUT2D eigenvalue weighted by atomic mass is 9.55. The molecular formula is C82H104Cl2FN13O15. The number of hydrogen-bond acceptors (Lipinski definition) is 19. The van der Waals surface area contributed by atoms with E-state index in [1.807, 2.05) is 45.0 Å². The lowest BCUT2D eigenvalue weighted by Gasteiger charge is -2.47. The largest absolute Gasteiger partial charge is 0.444 e. The molecule has 31 heteroatoms. The van der Waals surface area contributed by atoms with Crippen LogP contribution in [0.1, 0.15) is 210 Å². The summed E-state index contributed by atoms with van der Waals surface area (Å²) in [4.78, 5) is 151. The number of halogens is 3. The molecule has 12 rings (SSSR count). The molecule has 1 saturated carbocycles. The van der Waals surface area contributed by atoms with Crippen molar-refractivity contribution in [2.24, 2.45) is 5.73 Å². The highest BCUT2D eigenvalue weighted by Crippen LogP contribution is 2.63. The Morgan fingerprint density at radius 2 is 1.16 bits per heavy atom. The standard InChI is InChI=1S/C47H46Cl2FN7O6.C17H22N4O3.C9H19NO3.C9H17NO3/c48-27-14-17-32-35(24-27)54-45(63)47(32)38(30-9-6-10-33(49)39(30)50)40(56-46(47)20-2-1-3-21-46)43(61)53-28-15-12-26(13-16-28)41(59)52-23-5-4-22-51-34-11-7-8-29-31(34)25-57(44(29)62)36-18-19-37(58)55-42(36)60;18-8-1-2-9-19-13-5-3-4-11-12(13)10-21(17(11)24)14-6-7-15(22)20-16(14)23;2*1-9(2,3)13-8(12)10-6-4-5-7-11/h6-17,24,36,38,40,51,56H,1-5,18-23,25H2,(H,52,59)(H,53,61)(H,54,63)(H,55,58,60);3-5,14,19H,1-2,6-10,18H2,(H,20,22,23);11H,4-7H2,1-3H3,(H,10,12);7H,4-6H2,1-3H3,(H,10,12)/t36?,38-,40+,47+;;;/m0.../s1. The molecule has 3 saturated heterocycles. The van der Waals surface area contributed by atoms with Crippen LogP contribution in [-0.2, 0) is 61.5 Å². The minimum atomic E-state index is -1.36. The van der Waals surface area contributed by atoms with Gasteiger partial charge in [-0.3, -0.25) is 59.1 Å². The number of nitrogens with one attached hydrogen (secondary N) is 10. The van der Waals surface area contributed by atoms with E-state index in [0.29, 0.717) is 129 Å². The normalized spacial score (nSPS) is 19.8. The number of ether oxygens (including phenoxy) is 2. The summed E-state index contributed by atoms with van der Waals surface area (Å²) in [5.74, 6) is -4.55. The fourth-order valence-electron chi connectivity index (χ4n) is 15.3. The number of aliphatic hydroxyl groups is 1. The van der Waals surface area contributed by atoms with E-state index >= 15 is 4.39 Å². The molecule has 5 aromatic rings. The van der Waals surface area contributed by atoms with E-state index in [2.05, 4.69) is 53.2 Å². The second-order valence-electron chi connectivity index (χ2n) is 30.8. The molecule has 7 aliphatic rings. The molecule has 5 atom stereocenters. The van der Waals surface area contributed by atoms with E-state index in [1.165, 1.54) is 11.0 Å². The van der Waals surface area contributed by atoms with E-state index in [0.717, 1.165) is 80.3 Å². The van der Waals surface area contributed by atoms with Gasteiger partial charge in [0.2, 0.25) is 35.4 Å². The van der Waals surface area contributed by atoms with Crippen LogP contribution in [0.5, 0.6) is 0 Å². The quantitative estimate of drug-likeness (QED) is 0.0147. The van der Waals surface area contributed by atoms with E-state index < -0.39 is 76.0 Å². The Hall–Kier alpha value is -10.1. The number of carbonyl (C=O) groups is 12. The molecule has 2 unspecified atom stereocenters. The van der Waals surface area contributed by atoms with Gasteiger partial charge in [0.25, 0.3) is 17.7 Å². The van der Waals surface area contributed by atoms with Gasteiger partial charge in [0.05, 0.1) is 11.1 Å².